The first-order valence-electron chi connectivity index (χ1n) is 11.2. The van der Waals surface area contributed by atoms with Crippen LogP contribution in [0.3, 0.4) is 0 Å². The summed E-state index contributed by atoms with van der Waals surface area (Å²) in [5.74, 6) is -1.31. The normalized spacial score (nSPS) is 10.9. The zero-order valence-corrected chi connectivity index (χ0v) is 21.9. The number of nitrogens with one attached hydrogen (secondary N) is 1. The zero-order valence-electron chi connectivity index (χ0n) is 19.7. The number of carboxylic acid groups (broad SMARTS) is 1. The summed E-state index contributed by atoms with van der Waals surface area (Å²) in [6, 6.07) is 18.9. The van der Waals surface area contributed by atoms with Gasteiger partial charge in [-0.05, 0) is 55.0 Å². The number of ether oxygens (including phenoxy) is 1. The molecule has 4 aromatic rings. The van der Waals surface area contributed by atoms with Gasteiger partial charge >= 0.3 is 5.97 Å². The summed E-state index contributed by atoms with van der Waals surface area (Å²) in [7, 11) is 0. The minimum Gasteiger partial charge on any atom is -0.478 e. The van der Waals surface area contributed by atoms with E-state index in [2.05, 4.69) is 5.32 Å². The summed E-state index contributed by atoms with van der Waals surface area (Å²) in [6.07, 6.45) is 0. The van der Waals surface area contributed by atoms with Gasteiger partial charge in [-0.1, -0.05) is 59.1 Å². The van der Waals surface area contributed by atoms with Gasteiger partial charge in [0, 0.05) is 27.7 Å². The first-order valence-corrected chi connectivity index (χ1v) is 12.3. The highest BCUT2D eigenvalue weighted by Gasteiger charge is 2.19. The molecule has 0 unspecified atom stereocenters. The average molecular weight is 559 g/mol. The number of amides is 1. The molecule has 190 valence electrons. The number of nitrogens with zero attached hydrogens (tertiary/aromatic N) is 2. The summed E-state index contributed by atoms with van der Waals surface area (Å²) in [4.78, 5) is 23.2. The molecular formula is C27H22Cl3N3O4. The molecule has 1 amide bonds. The summed E-state index contributed by atoms with van der Waals surface area (Å²) in [6.45, 7) is 2.12. The Kier molecular flexibility index (Phi) is 8.51. The largest absolute Gasteiger partial charge is 0.478 e. The van der Waals surface area contributed by atoms with Crippen molar-refractivity contribution in [2.24, 2.45) is 0 Å². The Hall–Kier alpha value is -3.36. The van der Waals surface area contributed by atoms with E-state index in [1.807, 2.05) is 19.1 Å². The molecule has 0 bridgehead atoms. The van der Waals surface area contributed by atoms with Crippen molar-refractivity contribution in [1.82, 2.24) is 15.1 Å². The molecular weight excluding hydrogens is 537 g/mol. The van der Waals surface area contributed by atoms with Crippen molar-refractivity contribution in [2.45, 2.75) is 20.1 Å². The van der Waals surface area contributed by atoms with Gasteiger partial charge in [0.25, 0.3) is 0 Å². The van der Waals surface area contributed by atoms with Crippen molar-refractivity contribution in [3.8, 4) is 16.9 Å². The molecule has 7 nitrogen and oxygen atoms in total. The van der Waals surface area contributed by atoms with Gasteiger partial charge in [0.1, 0.15) is 6.61 Å². The number of benzene rings is 3. The first-order chi connectivity index (χ1) is 17.7. The molecule has 37 heavy (non-hydrogen) atoms. The van der Waals surface area contributed by atoms with Crippen LogP contribution in [-0.2, 0) is 22.7 Å². The lowest BCUT2D eigenvalue weighted by Gasteiger charge is -2.11. The van der Waals surface area contributed by atoms with Gasteiger partial charge in [-0.15, -0.1) is 0 Å². The summed E-state index contributed by atoms with van der Waals surface area (Å²) in [5.41, 5.74) is 4.83. The molecule has 2 N–H and O–H groups in total. The van der Waals surface area contributed by atoms with E-state index in [4.69, 9.17) is 49.7 Å². The van der Waals surface area contributed by atoms with Crippen molar-refractivity contribution in [3.05, 3.63) is 104 Å². The quantitative estimate of drug-likeness (QED) is 0.250. The van der Waals surface area contributed by atoms with Crippen LogP contribution in [0.4, 0.5) is 0 Å². The average Bonchev–Trinajstić information content (AvgIpc) is 3.19. The van der Waals surface area contributed by atoms with Gasteiger partial charge in [-0.3, -0.25) is 4.79 Å². The number of aromatic nitrogens is 2. The van der Waals surface area contributed by atoms with E-state index in [9.17, 15) is 9.59 Å². The van der Waals surface area contributed by atoms with E-state index in [1.165, 1.54) is 12.1 Å². The van der Waals surface area contributed by atoms with Crippen LogP contribution in [0.2, 0.25) is 15.1 Å². The van der Waals surface area contributed by atoms with Crippen molar-refractivity contribution in [2.75, 3.05) is 6.61 Å². The lowest BCUT2D eigenvalue weighted by atomic mass is 10.1. The highest BCUT2D eigenvalue weighted by atomic mass is 35.5. The minimum absolute atomic E-state index is 0.103. The standard InChI is InChI=1S/C27H22Cl3N3O4/c1-16-23(14-37-15-25(34)31-13-17-2-4-19(5-3-17)27(35)36)32-33(24-11-10-21(29)12-22(24)30)26(16)18-6-8-20(28)9-7-18/h2-12H,13-15H2,1H3,(H,31,34)(H,35,36). The van der Waals surface area contributed by atoms with Gasteiger partial charge in [0.05, 0.1) is 34.3 Å². The van der Waals surface area contributed by atoms with E-state index in [1.54, 1.807) is 47.1 Å². The van der Waals surface area contributed by atoms with Gasteiger partial charge < -0.3 is 15.2 Å². The Bertz CT molecular complexity index is 1430. The number of carboxylic acids is 1. The van der Waals surface area contributed by atoms with E-state index in [0.29, 0.717) is 26.4 Å². The Labute approximate surface area is 228 Å². The van der Waals surface area contributed by atoms with Crippen LogP contribution < -0.4 is 5.32 Å². The van der Waals surface area contributed by atoms with E-state index in [0.717, 1.165) is 22.4 Å². The maximum atomic E-state index is 12.3. The lowest BCUT2D eigenvalue weighted by molar-refractivity contribution is -0.126. The number of hydrogen-bond acceptors (Lipinski definition) is 4. The van der Waals surface area contributed by atoms with Crippen LogP contribution in [0.5, 0.6) is 0 Å². The second kappa shape index (κ2) is 11.8. The van der Waals surface area contributed by atoms with Gasteiger partial charge in [-0.25, -0.2) is 9.48 Å². The fourth-order valence-corrected chi connectivity index (χ4v) is 4.32. The molecule has 0 aliphatic rings. The Morgan fingerprint density at radius 2 is 1.65 bits per heavy atom. The molecule has 10 heteroatoms. The molecule has 0 atom stereocenters. The predicted molar refractivity (Wildman–Crippen MR) is 144 cm³/mol. The van der Waals surface area contributed by atoms with Gasteiger partial charge in [0.2, 0.25) is 5.91 Å². The maximum Gasteiger partial charge on any atom is 0.335 e. The number of aromatic carboxylic acids is 1. The van der Waals surface area contributed by atoms with Crippen LogP contribution >= 0.6 is 34.8 Å². The van der Waals surface area contributed by atoms with Crippen LogP contribution in [0.1, 0.15) is 27.2 Å². The zero-order chi connectivity index (χ0) is 26.5. The monoisotopic (exact) mass is 557 g/mol. The molecule has 0 aliphatic carbocycles. The lowest BCUT2D eigenvalue weighted by Crippen LogP contribution is -2.27. The third kappa shape index (κ3) is 6.50. The highest BCUT2D eigenvalue weighted by molar-refractivity contribution is 6.35. The van der Waals surface area contributed by atoms with Crippen molar-refractivity contribution in [3.63, 3.8) is 0 Å². The van der Waals surface area contributed by atoms with E-state index in [-0.39, 0.29) is 31.2 Å². The molecule has 0 saturated heterocycles. The molecule has 4 rings (SSSR count). The van der Waals surface area contributed by atoms with Crippen molar-refractivity contribution >= 4 is 46.7 Å². The second-order valence-corrected chi connectivity index (χ2v) is 9.49. The fourth-order valence-electron chi connectivity index (χ4n) is 3.71. The van der Waals surface area contributed by atoms with Crippen LogP contribution in [0.15, 0.2) is 66.7 Å². The SMILES string of the molecule is Cc1c(COCC(=O)NCc2ccc(C(=O)O)cc2)nn(-c2ccc(Cl)cc2Cl)c1-c1ccc(Cl)cc1. The van der Waals surface area contributed by atoms with Gasteiger partial charge in [-0.2, -0.15) is 5.10 Å². The Morgan fingerprint density at radius 3 is 2.30 bits per heavy atom. The van der Waals surface area contributed by atoms with Crippen LogP contribution in [0.25, 0.3) is 16.9 Å². The maximum absolute atomic E-state index is 12.3. The molecule has 0 aliphatic heterocycles. The summed E-state index contributed by atoms with van der Waals surface area (Å²) in [5, 5.41) is 18.0. The van der Waals surface area contributed by atoms with E-state index >= 15 is 0 Å². The second-order valence-electron chi connectivity index (χ2n) is 8.21. The van der Waals surface area contributed by atoms with Crippen molar-refractivity contribution < 1.29 is 19.4 Å². The summed E-state index contributed by atoms with van der Waals surface area (Å²) < 4.78 is 7.40. The molecule has 0 saturated carbocycles. The smallest absolute Gasteiger partial charge is 0.335 e. The number of halogens is 3. The third-order valence-corrected chi connectivity index (χ3v) is 6.43. The Balaban J connectivity index is 1.47. The summed E-state index contributed by atoms with van der Waals surface area (Å²) >= 11 is 18.7. The Morgan fingerprint density at radius 1 is 0.973 bits per heavy atom. The topological polar surface area (TPSA) is 93.4 Å². The van der Waals surface area contributed by atoms with Gasteiger partial charge in [0.15, 0.2) is 0 Å². The molecule has 3 aromatic carbocycles. The molecule has 1 heterocycles. The number of carbonyl (C=O) groups excluding carboxylic acids is 1. The fraction of sp³-hybridized carbons (Fsp3) is 0.148. The molecule has 0 spiro atoms. The molecule has 0 radical (unpaired) electrons. The highest BCUT2D eigenvalue weighted by Crippen LogP contribution is 2.33. The molecule has 1 aromatic heterocycles. The van der Waals surface area contributed by atoms with Crippen LogP contribution in [-0.4, -0.2) is 33.4 Å². The number of hydrogen-bond donors (Lipinski definition) is 2. The van der Waals surface area contributed by atoms with Crippen molar-refractivity contribution in [1.29, 1.82) is 0 Å². The van der Waals surface area contributed by atoms with E-state index < -0.39 is 5.97 Å². The number of carbonyl (C=O) groups is 2. The first kappa shape index (κ1) is 26.7. The molecule has 0 fully saturated rings. The van der Waals surface area contributed by atoms with Crippen LogP contribution in [0, 0.1) is 6.92 Å². The number of rotatable bonds is 9. The third-order valence-electron chi connectivity index (χ3n) is 5.64. The minimum atomic E-state index is -1.00. The predicted octanol–water partition coefficient (Wildman–Crippen LogP) is 6.34.